The average molecular weight is 410 g/mol. The van der Waals surface area contributed by atoms with E-state index in [0.717, 1.165) is 25.8 Å². The van der Waals surface area contributed by atoms with Gasteiger partial charge in [0.25, 0.3) is 5.82 Å². The fraction of sp³-hybridized carbons (Fsp3) is 0.276. The van der Waals surface area contributed by atoms with Gasteiger partial charge < -0.3 is 0 Å². The molecule has 1 N–H and O–H groups in total. The molecule has 4 aromatic rings. The van der Waals surface area contributed by atoms with Gasteiger partial charge in [-0.05, 0) is 29.5 Å². The Hall–Kier alpha value is -3.13. The molecule has 0 bridgehead atoms. The van der Waals surface area contributed by atoms with E-state index >= 15 is 0 Å². The topological polar surface area (TPSA) is 19.7 Å². The molecule has 3 aromatic carbocycles. The standard InChI is InChI=1S/C29H32N2/c1-3-13-27(28-30-20-21-31(28)23-25-16-9-5-10-17-25)29(2,26-18-11-6-12-19-26)22-24-14-7-4-8-15-24/h4-12,14-21,27H,3,13,22-23H2,1-2H3/p+1. The SMILES string of the molecule is CCCC(c1[nH]cc[n+]1Cc1ccccc1)C(C)(Cc1ccccc1)c1ccccc1. The van der Waals surface area contributed by atoms with Crippen LogP contribution in [0.4, 0.5) is 0 Å². The summed E-state index contributed by atoms with van der Waals surface area (Å²) in [6.45, 7) is 5.63. The first-order valence-corrected chi connectivity index (χ1v) is 11.4. The van der Waals surface area contributed by atoms with Gasteiger partial charge in [0.1, 0.15) is 18.9 Å². The first-order valence-electron chi connectivity index (χ1n) is 11.4. The average Bonchev–Trinajstić information content (AvgIpc) is 3.27. The molecule has 0 spiro atoms. The molecule has 31 heavy (non-hydrogen) atoms. The van der Waals surface area contributed by atoms with Gasteiger partial charge in [-0.3, -0.25) is 0 Å². The van der Waals surface area contributed by atoms with Crippen LogP contribution in [0.3, 0.4) is 0 Å². The second kappa shape index (κ2) is 9.78. The molecule has 2 unspecified atom stereocenters. The molecule has 0 aliphatic carbocycles. The van der Waals surface area contributed by atoms with E-state index in [9.17, 15) is 0 Å². The second-order valence-corrected chi connectivity index (χ2v) is 8.75. The van der Waals surface area contributed by atoms with E-state index in [1.54, 1.807) is 0 Å². The summed E-state index contributed by atoms with van der Waals surface area (Å²) in [7, 11) is 0. The summed E-state index contributed by atoms with van der Waals surface area (Å²) in [6.07, 6.45) is 7.57. The Kier molecular flexibility index (Phi) is 6.66. The Bertz CT molecular complexity index is 1050. The fourth-order valence-corrected chi connectivity index (χ4v) is 4.91. The molecule has 0 saturated carbocycles. The lowest BCUT2D eigenvalue weighted by Gasteiger charge is -2.37. The zero-order valence-corrected chi connectivity index (χ0v) is 18.7. The third-order valence-electron chi connectivity index (χ3n) is 6.51. The van der Waals surface area contributed by atoms with Gasteiger partial charge in [-0.1, -0.05) is 111 Å². The summed E-state index contributed by atoms with van der Waals surface area (Å²) in [5, 5.41) is 0. The largest absolute Gasteiger partial charge is 0.258 e. The van der Waals surface area contributed by atoms with Crippen LogP contribution < -0.4 is 4.57 Å². The van der Waals surface area contributed by atoms with Crippen LogP contribution in [0.2, 0.25) is 0 Å². The highest BCUT2D eigenvalue weighted by atomic mass is 15.1. The van der Waals surface area contributed by atoms with Gasteiger partial charge >= 0.3 is 0 Å². The second-order valence-electron chi connectivity index (χ2n) is 8.75. The Morgan fingerprint density at radius 3 is 2.00 bits per heavy atom. The number of aromatic nitrogens is 2. The molecule has 2 heteroatoms. The molecule has 158 valence electrons. The third kappa shape index (κ3) is 4.80. The van der Waals surface area contributed by atoms with Crippen molar-refractivity contribution in [2.45, 2.75) is 51.0 Å². The Morgan fingerprint density at radius 2 is 1.39 bits per heavy atom. The third-order valence-corrected chi connectivity index (χ3v) is 6.51. The highest BCUT2D eigenvalue weighted by Crippen LogP contribution is 2.43. The quantitative estimate of drug-likeness (QED) is 0.307. The van der Waals surface area contributed by atoms with Crippen molar-refractivity contribution in [2.75, 3.05) is 0 Å². The minimum atomic E-state index is -0.0259. The zero-order valence-electron chi connectivity index (χ0n) is 18.7. The van der Waals surface area contributed by atoms with E-state index in [0.29, 0.717) is 5.92 Å². The number of nitrogens with zero attached hydrogens (tertiary/aromatic N) is 1. The summed E-state index contributed by atoms with van der Waals surface area (Å²) in [4.78, 5) is 3.64. The van der Waals surface area contributed by atoms with Crippen LogP contribution in [0.25, 0.3) is 0 Å². The smallest absolute Gasteiger partial charge is 0.247 e. The molecule has 0 aliphatic heterocycles. The van der Waals surface area contributed by atoms with E-state index in [1.165, 1.54) is 22.5 Å². The highest BCUT2D eigenvalue weighted by molar-refractivity contribution is 5.32. The summed E-state index contributed by atoms with van der Waals surface area (Å²) in [5.74, 6) is 1.69. The summed E-state index contributed by atoms with van der Waals surface area (Å²) in [5.41, 5.74) is 4.09. The molecule has 0 aliphatic rings. The summed E-state index contributed by atoms with van der Waals surface area (Å²) >= 11 is 0. The highest BCUT2D eigenvalue weighted by Gasteiger charge is 2.41. The van der Waals surface area contributed by atoms with E-state index in [-0.39, 0.29) is 5.41 Å². The van der Waals surface area contributed by atoms with Gasteiger partial charge in [-0.2, -0.15) is 0 Å². The van der Waals surface area contributed by atoms with E-state index in [4.69, 9.17) is 0 Å². The number of H-pyrrole nitrogens is 1. The Balaban J connectivity index is 1.77. The number of aromatic amines is 1. The van der Waals surface area contributed by atoms with Crippen molar-refractivity contribution in [3.63, 3.8) is 0 Å². The van der Waals surface area contributed by atoms with E-state index < -0.39 is 0 Å². The number of imidazole rings is 1. The molecule has 2 atom stereocenters. The molecule has 4 rings (SSSR count). The lowest BCUT2D eigenvalue weighted by atomic mass is 9.66. The van der Waals surface area contributed by atoms with Crippen molar-refractivity contribution >= 4 is 0 Å². The molecule has 1 heterocycles. The van der Waals surface area contributed by atoms with Crippen molar-refractivity contribution in [3.8, 4) is 0 Å². The van der Waals surface area contributed by atoms with Crippen LogP contribution in [0.5, 0.6) is 0 Å². The molecule has 1 aromatic heterocycles. The zero-order chi connectivity index (χ0) is 21.5. The van der Waals surface area contributed by atoms with Crippen LogP contribution in [-0.2, 0) is 18.4 Å². The van der Waals surface area contributed by atoms with Crippen molar-refractivity contribution in [2.24, 2.45) is 0 Å². The molecular weight excluding hydrogens is 376 g/mol. The van der Waals surface area contributed by atoms with Crippen LogP contribution >= 0.6 is 0 Å². The lowest BCUT2D eigenvalue weighted by Crippen LogP contribution is -2.44. The van der Waals surface area contributed by atoms with Gasteiger partial charge in [-0.15, -0.1) is 0 Å². The molecule has 0 saturated heterocycles. The van der Waals surface area contributed by atoms with E-state index in [2.05, 4.69) is 127 Å². The Morgan fingerprint density at radius 1 is 0.806 bits per heavy atom. The predicted octanol–water partition coefficient (Wildman–Crippen LogP) is 6.43. The first-order chi connectivity index (χ1) is 15.2. The number of benzene rings is 3. The lowest BCUT2D eigenvalue weighted by molar-refractivity contribution is -0.696. The monoisotopic (exact) mass is 409 g/mol. The van der Waals surface area contributed by atoms with Gasteiger partial charge in [0.05, 0.1) is 5.92 Å². The molecule has 2 nitrogen and oxygen atoms in total. The van der Waals surface area contributed by atoms with Crippen molar-refractivity contribution in [1.82, 2.24) is 4.98 Å². The minimum Gasteiger partial charge on any atom is -0.247 e. The minimum absolute atomic E-state index is 0.0259. The van der Waals surface area contributed by atoms with Gasteiger partial charge in [-0.25, -0.2) is 9.55 Å². The van der Waals surface area contributed by atoms with Crippen LogP contribution in [0, 0.1) is 0 Å². The number of hydrogen-bond acceptors (Lipinski definition) is 0. The normalized spacial score (nSPS) is 14.1. The van der Waals surface area contributed by atoms with E-state index in [1.807, 2.05) is 0 Å². The summed E-state index contributed by atoms with van der Waals surface area (Å²) in [6, 6.07) is 32.7. The molecule has 0 radical (unpaired) electrons. The van der Waals surface area contributed by atoms with Gasteiger partial charge in [0.15, 0.2) is 0 Å². The Labute approximate surface area is 186 Å². The maximum absolute atomic E-state index is 3.64. The molecule has 0 amide bonds. The molecular formula is C29H33N2+. The fourth-order valence-electron chi connectivity index (χ4n) is 4.91. The van der Waals surface area contributed by atoms with Gasteiger partial charge in [0.2, 0.25) is 0 Å². The number of hydrogen-bond donors (Lipinski definition) is 1. The maximum Gasteiger partial charge on any atom is 0.258 e. The van der Waals surface area contributed by atoms with Crippen LogP contribution in [0.15, 0.2) is 103 Å². The maximum atomic E-state index is 3.64. The predicted molar refractivity (Wildman–Crippen MR) is 128 cm³/mol. The van der Waals surface area contributed by atoms with Crippen molar-refractivity contribution in [3.05, 3.63) is 126 Å². The van der Waals surface area contributed by atoms with Crippen molar-refractivity contribution < 1.29 is 4.57 Å². The first kappa shape index (κ1) is 21.1. The number of rotatable bonds is 9. The van der Waals surface area contributed by atoms with Crippen molar-refractivity contribution in [1.29, 1.82) is 0 Å². The molecule has 0 fully saturated rings. The number of nitrogens with one attached hydrogen (secondary N) is 1. The summed E-state index contributed by atoms with van der Waals surface area (Å²) < 4.78 is 2.40. The van der Waals surface area contributed by atoms with Crippen LogP contribution in [0.1, 0.15) is 55.1 Å². The van der Waals surface area contributed by atoms with Crippen LogP contribution in [-0.4, -0.2) is 4.98 Å². The van der Waals surface area contributed by atoms with Gasteiger partial charge in [0, 0.05) is 5.41 Å².